The van der Waals surface area contributed by atoms with Gasteiger partial charge >= 0.3 is 0 Å². The first-order chi connectivity index (χ1) is 6.24. The van der Waals surface area contributed by atoms with Crippen LogP contribution in [0.1, 0.15) is 46.0 Å². The zero-order chi connectivity index (χ0) is 9.68. The van der Waals surface area contributed by atoms with Crippen LogP contribution >= 0.6 is 0 Å². The van der Waals surface area contributed by atoms with Crippen LogP contribution in [-0.4, -0.2) is 12.5 Å². The summed E-state index contributed by atoms with van der Waals surface area (Å²) >= 11 is 0. The quantitative estimate of drug-likeness (QED) is 0.735. The van der Waals surface area contributed by atoms with Crippen LogP contribution in [0.15, 0.2) is 0 Å². The van der Waals surface area contributed by atoms with E-state index in [1.807, 2.05) is 0 Å². The van der Waals surface area contributed by atoms with E-state index in [4.69, 9.17) is 0 Å². The molecule has 0 radical (unpaired) electrons. The van der Waals surface area contributed by atoms with E-state index in [1.165, 1.54) is 12.8 Å². The maximum atomic E-state index is 11.6. The molecule has 0 heterocycles. The molecule has 1 rings (SSSR count). The minimum Gasteiger partial charge on any atom is -0.356 e. The summed E-state index contributed by atoms with van der Waals surface area (Å²) in [7, 11) is 0. The van der Waals surface area contributed by atoms with Crippen molar-refractivity contribution in [1.82, 2.24) is 11.5 Å². The first-order valence-electron chi connectivity index (χ1n) is 5.51. The van der Waals surface area contributed by atoms with E-state index in [-0.39, 0.29) is 12.1 Å². The van der Waals surface area contributed by atoms with Gasteiger partial charge in [0.05, 0.1) is 0 Å². The molecule has 84 valence electrons. The molecule has 0 unspecified atom stereocenters. The van der Waals surface area contributed by atoms with Crippen LogP contribution in [0.3, 0.4) is 0 Å². The first-order valence-corrected chi connectivity index (χ1v) is 5.51. The summed E-state index contributed by atoms with van der Waals surface area (Å²) in [6.45, 7) is 5.20. The lowest BCUT2D eigenvalue weighted by atomic mass is 9.82. The van der Waals surface area contributed by atoms with E-state index in [1.54, 1.807) is 0 Å². The third-order valence-corrected chi connectivity index (χ3v) is 2.94. The lowest BCUT2D eigenvalue weighted by Gasteiger charge is -2.25. The van der Waals surface area contributed by atoms with Gasteiger partial charge in [0.25, 0.3) is 0 Å². The fraction of sp³-hybridized carbons (Fsp3) is 0.909. The molecule has 1 amide bonds. The Labute approximate surface area is 87.2 Å². The molecule has 1 aliphatic carbocycles. The van der Waals surface area contributed by atoms with E-state index >= 15 is 0 Å². The number of hydrogen-bond acceptors (Lipinski definition) is 2. The normalized spacial score (nSPS) is 26.4. The van der Waals surface area contributed by atoms with Crippen LogP contribution in [0.5, 0.6) is 0 Å². The molecular formula is C11H24N2O. The lowest BCUT2D eigenvalue weighted by Crippen LogP contribution is -2.33. The molecule has 0 bridgehead atoms. The van der Waals surface area contributed by atoms with Crippen LogP contribution in [-0.2, 0) is 4.79 Å². The van der Waals surface area contributed by atoms with E-state index in [0.29, 0.717) is 5.92 Å². The van der Waals surface area contributed by atoms with Crippen molar-refractivity contribution in [2.75, 3.05) is 6.54 Å². The Kier molecular flexibility index (Phi) is 6.54. The van der Waals surface area contributed by atoms with Gasteiger partial charge in [-0.3, -0.25) is 4.79 Å². The second-order valence-corrected chi connectivity index (χ2v) is 4.25. The van der Waals surface area contributed by atoms with Gasteiger partial charge in [0.2, 0.25) is 5.91 Å². The van der Waals surface area contributed by atoms with E-state index in [2.05, 4.69) is 19.2 Å². The van der Waals surface area contributed by atoms with Gasteiger partial charge in [-0.15, -0.1) is 0 Å². The molecule has 1 saturated carbocycles. The van der Waals surface area contributed by atoms with Gasteiger partial charge in [0, 0.05) is 12.5 Å². The minimum atomic E-state index is 0. The Morgan fingerprint density at radius 2 is 1.86 bits per heavy atom. The SMILES string of the molecule is CCCNC(=O)C1CCC(C)CC1.N. The number of carbonyl (C=O) groups excluding carboxylic acids is 1. The Morgan fingerprint density at radius 1 is 1.29 bits per heavy atom. The zero-order valence-corrected chi connectivity index (χ0v) is 9.51. The Morgan fingerprint density at radius 3 is 2.36 bits per heavy atom. The average Bonchev–Trinajstić information content (AvgIpc) is 2.15. The van der Waals surface area contributed by atoms with Crippen molar-refractivity contribution in [3.05, 3.63) is 0 Å². The fourth-order valence-electron chi connectivity index (χ4n) is 1.91. The fourth-order valence-corrected chi connectivity index (χ4v) is 1.91. The maximum absolute atomic E-state index is 11.6. The maximum Gasteiger partial charge on any atom is 0.223 e. The number of carbonyl (C=O) groups is 1. The second-order valence-electron chi connectivity index (χ2n) is 4.25. The van der Waals surface area contributed by atoms with Gasteiger partial charge in [0.1, 0.15) is 0 Å². The van der Waals surface area contributed by atoms with Crippen molar-refractivity contribution >= 4 is 5.91 Å². The monoisotopic (exact) mass is 200 g/mol. The Hall–Kier alpha value is -0.570. The van der Waals surface area contributed by atoms with Crippen LogP contribution in [0.2, 0.25) is 0 Å². The molecule has 1 fully saturated rings. The minimum absolute atomic E-state index is 0. The topological polar surface area (TPSA) is 64.1 Å². The van der Waals surface area contributed by atoms with Crippen LogP contribution in [0.25, 0.3) is 0 Å². The summed E-state index contributed by atoms with van der Waals surface area (Å²) in [5.74, 6) is 1.42. The van der Waals surface area contributed by atoms with E-state index in [0.717, 1.165) is 31.7 Å². The van der Waals surface area contributed by atoms with Crippen molar-refractivity contribution in [2.45, 2.75) is 46.0 Å². The molecule has 1 aliphatic rings. The average molecular weight is 200 g/mol. The molecule has 3 heteroatoms. The number of nitrogens with one attached hydrogen (secondary N) is 1. The van der Waals surface area contributed by atoms with Crippen LogP contribution in [0.4, 0.5) is 0 Å². The van der Waals surface area contributed by atoms with E-state index < -0.39 is 0 Å². The molecule has 0 atom stereocenters. The highest BCUT2D eigenvalue weighted by Crippen LogP contribution is 2.28. The zero-order valence-electron chi connectivity index (χ0n) is 9.51. The molecule has 0 aromatic carbocycles. The van der Waals surface area contributed by atoms with Gasteiger partial charge in [-0.05, 0) is 38.0 Å². The third-order valence-electron chi connectivity index (χ3n) is 2.94. The van der Waals surface area contributed by atoms with Crippen molar-refractivity contribution in [3.63, 3.8) is 0 Å². The largest absolute Gasteiger partial charge is 0.356 e. The lowest BCUT2D eigenvalue weighted by molar-refractivity contribution is -0.126. The summed E-state index contributed by atoms with van der Waals surface area (Å²) in [6, 6.07) is 0. The van der Waals surface area contributed by atoms with Gasteiger partial charge in [-0.25, -0.2) is 0 Å². The summed E-state index contributed by atoms with van der Waals surface area (Å²) in [5, 5.41) is 2.98. The van der Waals surface area contributed by atoms with E-state index in [9.17, 15) is 4.79 Å². The predicted molar refractivity (Wildman–Crippen MR) is 59.4 cm³/mol. The number of rotatable bonds is 3. The summed E-state index contributed by atoms with van der Waals surface area (Å²) in [4.78, 5) is 11.6. The predicted octanol–water partition coefficient (Wildman–Crippen LogP) is 2.50. The summed E-state index contributed by atoms with van der Waals surface area (Å²) in [5.41, 5.74) is 0. The van der Waals surface area contributed by atoms with Gasteiger partial charge in [-0.2, -0.15) is 0 Å². The molecule has 0 aromatic rings. The third kappa shape index (κ3) is 4.09. The molecule has 0 saturated heterocycles. The number of amides is 1. The Bertz CT molecular complexity index is 163. The molecule has 0 aromatic heterocycles. The van der Waals surface area contributed by atoms with Crippen molar-refractivity contribution in [3.8, 4) is 0 Å². The smallest absolute Gasteiger partial charge is 0.223 e. The Balaban J connectivity index is 0.00000169. The highest BCUT2D eigenvalue weighted by molar-refractivity contribution is 5.78. The standard InChI is InChI=1S/C11H21NO.H3N/c1-3-8-12-11(13)10-6-4-9(2)5-7-10;/h9-10H,3-8H2,1-2H3,(H,12,13);1H3. The summed E-state index contributed by atoms with van der Waals surface area (Å²) in [6.07, 6.45) is 5.68. The first kappa shape index (κ1) is 13.4. The van der Waals surface area contributed by atoms with Crippen LogP contribution < -0.4 is 11.5 Å². The molecule has 0 aliphatic heterocycles. The van der Waals surface area contributed by atoms with Crippen molar-refractivity contribution in [2.24, 2.45) is 11.8 Å². The van der Waals surface area contributed by atoms with Crippen molar-refractivity contribution in [1.29, 1.82) is 0 Å². The van der Waals surface area contributed by atoms with Gasteiger partial charge < -0.3 is 11.5 Å². The molecule has 4 N–H and O–H groups in total. The highest BCUT2D eigenvalue weighted by Gasteiger charge is 2.23. The van der Waals surface area contributed by atoms with Gasteiger partial charge in [0.15, 0.2) is 0 Å². The molecule has 3 nitrogen and oxygen atoms in total. The molecule has 14 heavy (non-hydrogen) atoms. The number of hydrogen-bond donors (Lipinski definition) is 2. The highest BCUT2D eigenvalue weighted by atomic mass is 16.1. The summed E-state index contributed by atoms with van der Waals surface area (Å²) < 4.78 is 0. The van der Waals surface area contributed by atoms with Crippen LogP contribution in [0, 0.1) is 11.8 Å². The molecule has 0 spiro atoms. The second kappa shape index (κ2) is 6.82. The molecular weight excluding hydrogens is 176 g/mol. The van der Waals surface area contributed by atoms with Crippen molar-refractivity contribution < 1.29 is 4.79 Å². The van der Waals surface area contributed by atoms with Gasteiger partial charge in [-0.1, -0.05) is 13.8 Å².